The van der Waals surface area contributed by atoms with Crippen molar-refractivity contribution in [1.29, 1.82) is 0 Å². The van der Waals surface area contributed by atoms with E-state index in [4.69, 9.17) is 11.6 Å². The van der Waals surface area contributed by atoms with Crippen molar-refractivity contribution in [1.82, 2.24) is 9.97 Å². The molecule has 1 fully saturated rings. The summed E-state index contributed by atoms with van der Waals surface area (Å²) in [5.41, 5.74) is 0.149. The Balaban J connectivity index is 2.08. The smallest absolute Gasteiger partial charge is 0.135 e. The highest BCUT2D eigenvalue weighted by Crippen LogP contribution is 2.38. The first kappa shape index (κ1) is 14.5. The number of halogens is 1. The van der Waals surface area contributed by atoms with Gasteiger partial charge in [0.05, 0.1) is 12.6 Å². The van der Waals surface area contributed by atoms with Gasteiger partial charge in [-0.3, -0.25) is 0 Å². The lowest BCUT2D eigenvalue weighted by Crippen LogP contribution is -2.29. The van der Waals surface area contributed by atoms with Gasteiger partial charge in [0.1, 0.15) is 16.8 Å². The largest absolute Gasteiger partial charge is 0.394 e. The Labute approximate surface area is 119 Å². The minimum Gasteiger partial charge on any atom is -0.394 e. The van der Waals surface area contributed by atoms with Crippen molar-refractivity contribution in [3.05, 3.63) is 17.0 Å². The van der Waals surface area contributed by atoms with E-state index in [1.54, 1.807) is 6.07 Å². The second-order valence-electron chi connectivity index (χ2n) is 6.50. The van der Waals surface area contributed by atoms with Crippen LogP contribution < -0.4 is 5.32 Å². The summed E-state index contributed by atoms with van der Waals surface area (Å²) in [6.45, 7) is 6.54. The molecule has 2 N–H and O–H groups in total. The fourth-order valence-corrected chi connectivity index (χ4v) is 2.33. The van der Waals surface area contributed by atoms with E-state index >= 15 is 0 Å². The molecule has 1 unspecified atom stereocenters. The molecule has 1 aromatic heterocycles. The maximum Gasteiger partial charge on any atom is 0.135 e. The first-order valence-electron chi connectivity index (χ1n) is 6.79. The molecule has 1 aromatic rings. The summed E-state index contributed by atoms with van der Waals surface area (Å²) in [6.07, 6.45) is 3.15. The van der Waals surface area contributed by atoms with E-state index < -0.39 is 0 Å². The number of anilines is 1. The van der Waals surface area contributed by atoms with E-state index in [-0.39, 0.29) is 18.1 Å². The van der Waals surface area contributed by atoms with Crippen molar-refractivity contribution >= 4 is 17.4 Å². The van der Waals surface area contributed by atoms with Gasteiger partial charge in [0, 0.05) is 12.0 Å². The number of hydrogen-bond acceptors (Lipinski definition) is 4. The Morgan fingerprint density at radius 3 is 2.63 bits per heavy atom. The molecule has 0 aromatic carbocycles. The van der Waals surface area contributed by atoms with Gasteiger partial charge < -0.3 is 10.4 Å². The van der Waals surface area contributed by atoms with Crippen LogP contribution in [0.4, 0.5) is 5.82 Å². The van der Waals surface area contributed by atoms with Crippen LogP contribution in [0, 0.1) is 5.41 Å². The van der Waals surface area contributed by atoms with Crippen LogP contribution in [0.25, 0.3) is 0 Å². The normalized spacial score (nSPS) is 17.3. The zero-order valence-electron chi connectivity index (χ0n) is 11.8. The molecule has 1 aliphatic carbocycles. The molecule has 0 saturated heterocycles. The number of nitrogens with one attached hydrogen (secondary N) is 1. The van der Waals surface area contributed by atoms with Crippen molar-refractivity contribution in [3.8, 4) is 0 Å². The number of aromatic nitrogens is 2. The highest BCUT2D eigenvalue weighted by molar-refractivity contribution is 6.29. The molecule has 1 atom stereocenters. The van der Waals surface area contributed by atoms with Gasteiger partial charge in [-0.15, -0.1) is 0 Å². The van der Waals surface area contributed by atoms with Crippen molar-refractivity contribution in [3.63, 3.8) is 0 Å². The zero-order chi connectivity index (χ0) is 14.0. The fraction of sp³-hybridized carbons (Fsp3) is 0.714. The van der Waals surface area contributed by atoms with Crippen molar-refractivity contribution in [2.24, 2.45) is 5.41 Å². The molecule has 0 aliphatic heterocycles. The zero-order valence-corrected chi connectivity index (χ0v) is 12.5. The first-order chi connectivity index (χ1) is 8.87. The summed E-state index contributed by atoms with van der Waals surface area (Å²) in [4.78, 5) is 8.75. The van der Waals surface area contributed by atoms with Crippen LogP contribution in [0.15, 0.2) is 6.07 Å². The molecule has 2 rings (SSSR count). The molecule has 0 bridgehead atoms. The van der Waals surface area contributed by atoms with Crippen LogP contribution >= 0.6 is 11.6 Å². The summed E-state index contributed by atoms with van der Waals surface area (Å²) in [7, 11) is 0. The van der Waals surface area contributed by atoms with Crippen LogP contribution in [0.2, 0.25) is 5.15 Å². The first-order valence-corrected chi connectivity index (χ1v) is 7.17. The van der Waals surface area contributed by atoms with Gasteiger partial charge in [0.25, 0.3) is 0 Å². The SMILES string of the molecule is CC(C)(C)CC(CO)Nc1cc(Cl)nc(C2CC2)n1. The Hall–Kier alpha value is -0.870. The maximum atomic E-state index is 9.47. The third kappa shape index (κ3) is 4.62. The maximum absolute atomic E-state index is 9.47. The van der Waals surface area contributed by atoms with Gasteiger partial charge in [-0.1, -0.05) is 32.4 Å². The quantitative estimate of drug-likeness (QED) is 0.815. The topological polar surface area (TPSA) is 58.0 Å². The average molecular weight is 284 g/mol. The molecular formula is C14H22ClN3O. The van der Waals surface area contributed by atoms with E-state index in [0.29, 0.717) is 16.9 Å². The molecule has 19 heavy (non-hydrogen) atoms. The van der Waals surface area contributed by atoms with E-state index in [9.17, 15) is 5.11 Å². The Morgan fingerprint density at radius 2 is 2.11 bits per heavy atom. The minimum absolute atomic E-state index is 0.0157. The molecule has 1 heterocycles. The highest BCUT2D eigenvalue weighted by Gasteiger charge is 2.27. The van der Waals surface area contributed by atoms with Crippen LogP contribution in [-0.4, -0.2) is 27.7 Å². The standard InChI is InChI=1S/C14H22ClN3O/c1-14(2,3)7-10(8-19)16-12-6-11(15)17-13(18-12)9-4-5-9/h6,9-10,19H,4-5,7-8H2,1-3H3,(H,16,17,18). The third-order valence-corrected chi connectivity index (χ3v) is 3.28. The van der Waals surface area contributed by atoms with Gasteiger partial charge in [-0.25, -0.2) is 9.97 Å². The van der Waals surface area contributed by atoms with Gasteiger partial charge in [0.15, 0.2) is 0 Å². The summed E-state index contributed by atoms with van der Waals surface area (Å²) >= 11 is 6.03. The molecule has 4 nitrogen and oxygen atoms in total. The van der Waals surface area contributed by atoms with Crippen LogP contribution in [-0.2, 0) is 0 Å². The molecule has 1 saturated carbocycles. The lowest BCUT2D eigenvalue weighted by molar-refractivity contribution is 0.233. The van der Waals surface area contributed by atoms with Gasteiger partial charge in [0.2, 0.25) is 0 Å². The van der Waals surface area contributed by atoms with Gasteiger partial charge >= 0.3 is 0 Å². The van der Waals surface area contributed by atoms with E-state index in [2.05, 4.69) is 36.1 Å². The van der Waals surface area contributed by atoms with Crippen molar-refractivity contribution in [2.45, 2.75) is 52.0 Å². The van der Waals surface area contributed by atoms with Crippen molar-refractivity contribution < 1.29 is 5.11 Å². The average Bonchev–Trinajstić information content (AvgIpc) is 3.09. The molecular weight excluding hydrogens is 262 g/mol. The number of nitrogens with zero attached hydrogens (tertiary/aromatic N) is 2. The lowest BCUT2D eigenvalue weighted by atomic mass is 9.88. The van der Waals surface area contributed by atoms with Crippen LogP contribution in [0.5, 0.6) is 0 Å². The molecule has 1 aliphatic rings. The predicted octanol–water partition coefficient (Wildman–Crippen LogP) is 3.22. The minimum atomic E-state index is -0.0157. The summed E-state index contributed by atoms with van der Waals surface area (Å²) in [5.74, 6) is 2.00. The molecule has 0 amide bonds. The summed E-state index contributed by atoms with van der Waals surface area (Å²) in [5, 5.41) is 13.2. The number of aliphatic hydroxyl groups is 1. The van der Waals surface area contributed by atoms with Crippen LogP contribution in [0.3, 0.4) is 0 Å². The third-order valence-electron chi connectivity index (χ3n) is 3.09. The van der Waals surface area contributed by atoms with E-state index in [1.807, 2.05) is 0 Å². The Bertz CT molecular complexity index is 441. The van der Waals surface area contributed by atoms with Crippen LogP contribution in [0.1, 0.15) is 51.8 Å². The highest BCUT2D eigenvalue weighted by atomic mass is 35.5. The van der Waals surface area contributed by atoms with Gasteiger partial charge in [-0.05, 0) is 24.7 Å². The molecule has 106 valence electrons. The fourth-order valence-electron chi connectivity index (χ4n) is 2.14. The predicted molar refractivity (Wildman–Crippen MR) is 77.6 cm³/mol. The summed E-state index contributed by atoms with van der Waals surface area (Å²) < 4.78 is 0. The monoisotopic (exact) mass is 283 g/mol. The number of hydrogen-bond donors (Lipinski definition) is 2. The second-order valence-corrected chi connectivity index (χ2v) is 6.88. The summed E-state index contributed by atoms with van der Waals surface area (Å²) in [6, 6.07) is 1.71. The second kappa shape index (κ2) is 5.63. The molecule has 0 spiro atoms. The molecule has 0 radical (unpaired) electrons. The number of rotatable bonds is 5. The Kier molecular flexibility index (Phi) is 4.31. The molecule has 5 heteroatoms. The number of aliphatic hydroxyl groups excluding tert-OH is 1. The van der Waals surface area contributed by atoms with Gasteiger partial charge in [-0.2, -0.15) is 0 Å². The van der Waals surface area contributed by atoms with E-state index in [0.717, 1.165) is 25.1 Å². The van der Waals surface area contributed by atoms with Crippen molar-refractivity contribution in [2.75, 3.05) is 11.9 Å². The Morgan fingerprint density at radius 1 is 1.42 bits per heavy atom. The lowest BCUT2D eigenvalue weighted by Gasteiger charge is -2.25. The van der Waals surface area contributed by atoms with E-state index in [1.165, 1.54) is 0 Å².